The molecule has 1 saturated heterocycles. The minimum atomic E-state index is 0.00556. The van der Waals surface area contributed by atoms with Gasteiger partial charge in [-0.05, 0) is 6.92 Å². The van der Waals surface area contributed by atoms with Crippen LogP contribution in [0.5, 0.6) is 0 Å². The monoisotopic (exact) mass is 272 g/mol. The molecule has 0 unspecified atom stereocenters. The Morgan fingerprint density at radius 3 is 3.06 bits per heavy atom. The molecule has 18 heavy (non-hydrogen) atoms. The molecule has 0 aromatic carbocycles. The predicted octanol–water partition coefficient (Wildman–Crippen LogP) is 0.952. The van der Waals surface area contributed by atoms with Crippen molar-refractivity contribution in [2.45, 2.75) is 19.1 Å². The molecule has 2 N–H and O–H groups in total. The zero-order valence-corrected chi connectivity index (χ0v) is 11.2. The summed E-state index contributed by atoms with van der Waals surface area (Å²) in [6, 6.07) is 0. The maximum atomic E-state index is 6.14. The first-order chi connectivity index (χ1) is 8.61. The van der Waals surface area contributed by atoms with Gasteiger partial charge < -0.3 is 20.1 Å². The highest BCUT2D eigenvalue weighted by Gasteiger charge is 2.27. The van der Waals surface area contributed by atoms with E-state index in [2.05, 4.69) is 14.9 Å². The fourth-order valence-electron chi connectivity index (χ4n) is 2.09. The van der Waals surface area contributed by atoms with E-state index in [-0.39, 0.29) is 12.2 Å². The van der Waals surface area contributed by atoms with Gasteiger partial charge in [-0.25, -0.2) is 9.97 Å². The lowest BCUT2D eigenvalue weighted by atomic mass is 10.2. The Labute approximate surface area is 111 Å². The Bertz CT molecular complexity index is 418. The van der Waals surface area contributed by atoms with Crippen LogP contribution in [0.3, 0.4) is 0 Å². The highest BCUT2D eigenvalue weighted by molar-refractivity contribution is 6.35. The van der Waals surface area contributed by atoms with Crippen molar-refractivity contribution in [3.05, 3.63) is 11.3 Å². The molecule has 0 radical (unpaired) electrons. The van der Waals surface area contributed by atoms with Crippen molar-refractivity contribution >= 4 is 23.2 Å². The summed E-state index contributed by atoms with van der Waals surface area (Å²) < 4.78 is 10.9. The summed E-state index contributed by atoms with van der Waals surface area (Å²) in [5, 5.41) is 0.391. The number of methoxy groups -OCH3 is 1. The van der Waals surface area contributed by atoms with Gasteiger partial charge >= 0.3 is 0 Å². The molecule has 1 aromatic heterocycles. The van der Waals surface area contributed by atoms with E-state index in [1.165, 1.54) is 6.33 Å². The zero-order valence-electron chi connectivity index (χ0n) is 10.5. The molecule has 1 aliphatic rings. The van der Waals surface area contributed by atoms with E-state index in [1.54, 1.807) is 7.11 Å². The SMILES string of the molecule is COC[C@@H]1CN(c2ncnc(N)c2Cl)C[C@@H](C)O1. The number of nitrogen functional groups attached to an aromatic ring is 1. The Morgan fingerprint density at radius 1 is 1.56 bits per heavy atom. The Morgan fingerprint density at radius 2 is 2.33 bits per heavy atom. The number of halogens is 1. The average Bonchev–Trinajstić information content (AvgIpc) is 2.32. The number of nitrogens with two attached hydrogens (primary N) is 1. The van der Waals surface area contributed by atoms with Crippen LogP contribution in [-0.4, -0.2) is 49.0 Å². The molecule has 100 valence electrons. The summed E-state index contributed by atoms with van der Waals surface area (Å²) >= 11 is 6.14. The van der Waals surface area contributed by atoms with Crippen LogP contribution >= 0.6 is 11.6 Å². The van der Waals surface area contributed by atoms with E-state index >= 15 is 0 Å². The molecule has 0 bridgehead atoms. The number of rotatable bonds is 3. The van der Waals surface area contributed by atoms with Gasteiger partial charge in [-0.1, -0.05) is 11.6 Å². The van der Waals surface area contributed by atoms with Crippen molar-refractivity contribution in [3.63, 3.8) is 0 Å². The molecular weight excluding hydrogens is 256 g/mol. The largest absolute Gasteiger partial charge is 0.382 e. The number of hydrogen-bond donors (Lipinski definition) is 1. The van der Waals surface area contributed by atoms with Crippen LogP contribution in [0.25, 0.3) is 0 Å². The van der Waals surface area contributed by atoms with Crippen molar-refractivity contribution < 1.29 is 9.47 Å². The van der Waals surface area contributed by atoms with E-state index in [1.807, 2.05) is 6.92 Å². The first kappa shape index (κ1) is 13.3. The Kier molecular flexibility index (Phi) is 4.21. The summed E-state index contributed by atoms with van der Waals surface area (Å²) in [6.45, 7) is 3.94. The van der Waals surface area contributed by atoms with Crippen molar-refractivity contribution in [1.82, 2.24) is 9.97 Å². The van der Waals surface area contributed by atoms with Crippen LogP contribution < -0.4 is 10.6 Å². The van der Waals surface area contributed by atoms with Gasteiger partial charge in [-0.2, -0.15) is 0 Å². The highest BCUT2D eigenvalue weighted by Crippen LogP contribution is 2.29. The fraction of sp³-hybridized carbons (Fsp3) is 0.636. The molecule has 7 heteroatoms. The number of hydrogen-bond acceptors (Lipinski definition) is 6. The maximum absolute atomic E-state index is 6.14. The van der Waals surface area contributed by atoms with Crippen LogP contribution in [0.15, 0.2) is 6.33 Å². The van der Waals surface area contributed by atoms with Crippen LogP contribution in [-0.2, 0) is 9.47 Å². The molecule has 6 nitrogen and oxygen atoms in total. The predicted molar refractivity (Wildman–Crippen MR) is 69.9 cm³/mol. The van der Waals surface area contributed by atoms with Gasteiger partial charge in [-0.3, -0.25) is 0 Å². The maximum Gasteiger partial charge on any atom is 0.153 e. The Hall–Kier alpha value is -1.11. The average molecular weight is 273 g/mol. The molecule has 0 spiro atoms. The summed E-state index contributed by atoms with van der Waals surface area (Å²) in [5.74, 6) is 0.949. The minimum absolute atomic E-state index is 0.00556. The first-order valence-electron chi connectivity index (χ1n) is 5.77. The lowest BCUT2D eigenvalue weighted by Gasteiger charge is -2.37. The summed E-state index contributed by atoms with van der Waals surface area (Å²) in [7, 11) is 1.66. The third kappa shape index (κ3) is 2.82. The van der Waals surface area contributed by atoms with E-state index in [9.17, 15) is 0 Å². The van der Waals surface area contributed by atoms with Gasteiger partial charge in [0, 0.05) is 20.2 Å². The number of anilines is 2. The molecule has 1 aliphatic heterocycles. The minimum Gasteiger partial charge on any atom is -0.382 e. The fourth-order valence-corrected chi connectivity index (χ4v) is 2.31. The van der Waals surface area contributed by atoms with Crippen LogP contribution in [0.2, 0.25) is 5.02 Å². The summed E-state index contributed by atoms with van der Waals surface area (Å²) in [5.41, 5.74) is 5.69. The number of ether oxygens (including phenoxy) is 2. The van der Waals surface area contributed by atoms with Crippen LogP contribution in [0.1, 0.15) is 6.92 Å². The lowest BCUT2D eigenvalue weighted by Crippen LogP contribution is -2.48. The van der Waals surface area contributed by atoms with E-state index in [0.717, 1.165) is 6.54 Å². The lowest BCUT2D eigenvalue weighted by molar-refractivity contribution is -0.0512. The van der Waals surface area contributed by atoms with Crippen LogP contribution in [0.4, 0.5) is 11.6 Å². The van der Waals surface area contributed by atoms with Gasteiger partial charge in [0.15, 0.2) is 5.82 Å². The highest BCUT2D eigenvalue weighted by atomic mass is 35.5. The topological polar surface area (TPSA) is 73.5 Å². The second-order valence-corrected chi connectivity index (χ2v) is 4.70. The van der Waals surface area contributed by atoms with Crippen LogP contribution in [0, 0.1) is 0 Å². The summed E-state index contributed by atoms with van der Waals surface area (Å²) in [4.78, 5) is 10.1. The van der Waals surface area contributed by atoms with Gasteiger partial charge in [-0.15, -0.1) is 0 Å². The molecule has 1 fully saturated rings. The standard InChI is InChI=1S/C11H17ClN4O2/c1-7-3-16(4-8(18-7)5-17-2)11-9(12)10(13)14-6-15-11/h6-8H,3-5H2,1-2H3,(H2,13,14,15)/t7-,8+/m1/s1. The molecule has 2 atom stereocenters. The molecule has 0 aliphatic carbocycles. The zero-order chi connectivity index (χ0) is 13.1. The number of morpholine rings is 1. The molecule has 0 amide bonds. The smallest absolute Gasteiger partial charge is 0.153 e. The first-order valence-corrected chi connectivity index (χ1v) is 6.15. The molecule has 0 saturated carbocycles. The van der Waals surface area contributed by atoms with E-state index in [4.69, 9.17) is 26.8 Å². The Balaban J connectivity index is 2.18. The van der Waals surface area contributed by atoms with Crippen molar-refractivity contribution in [2.75, 3.05) is 37.4 Å². The molecule has 2 heterocycles. The molecule has 1 aromatic rings. The van der Waals surface area contributed by atoms with Gasteiger partial charge in [0.05, 0.1) is 18.8 Å². The van der Waals surface area contributed by atoms with E-state index < -0.39 is 0 Å². The van der Waals surface area contributed by atoms with Gasteiger partial charge in [0.1, 0.15) is 17.2 Å². The van der Waals surface area contributed by atoms with Crippen molar-refractivity contribution in [3.8, 4) is 0 Å². The normalized spacial score (nSPS) is 24.3. The number of nitrogens with zero attached hydrogens (tertiary/aromatic N) is 3. The van der Waals surface area contributed by atoms with Gasteiger partial charge in [0.25, 0.3) is 0 Å². The quantitative estimate of drug-likeness (QED) is 0.883. The second-order valence-electron chi connectivity index (χ2n) is 4.33. The van der Waals surface area contributed by atoms with Crippen molar-refractivity contribution in [2.24, 2.45) is 0 Å². The second kappa shape index (κ2) is 5.69. The third-order valence-electron chi connectivity index (χ3n) is 2.78. The summed E-state index contributed by atoms with van der Waals surface area (Å²) in [6.07, 6.45) is 1.51. The van der Waals surface area contributed by atoms with Gasteiger partial charge in [0.2, 0.25) is 0 Å². The van der Waals surface area contributed by atoms with Crippen molar-refractivity contribution in [1.29, 1.82) is 0 Å². The third-order valence-corrected chi connectivity index (χ3v) is 3.14. The van der Waals surface area contributed by atoms with E-state index in [0.29, 0.717) is 29.8 Å². The molecular formula is C11H17ClN4O2. The molecule has 2 rings (SSSR count). The number of aromatic nitrogens is 2.